The molecule has 0 N–H and O–H groups in total. The summed E-state index contributed by atoms with van der Waals surface area (Å²) in [5, 5.41) is 0.779. The normalized spacial score (nSPS) is 27.4. The van der Waals surface area contributed by atoms with Crippen LogP contribution >= 0.6 is 11.6 Å². The highest BCUT2D eigenvalue weighted by molar-refractivity contribution is 6.30. The summed E-state index contributed by atoms with van der Waals surface area (Å²) in [5.41, 5.74) is 3.91. The minimum Gasteiger partial charge on any atom is -0.352 e. The fourth-order valence-corrected chi connectivity index (χ4v) is 4.81. The second kappa shape index (κ2) is 10.6. The molecular formula is C27H33ClO2. The maximum atomic E-state index is 6.09. The number of hydrogen-bond donors (Lipinski definition) is 0. The lowest BCUT2D eigenvalue weighted by molar-refractivity contribution is -0.222. The first-order chi connectivity index (χ1) is 14.7. The molecule has 160 valence electrons. The van der Waals surface area contributed by atoms with Gasteiger partial charge in [-0.2, -0.15) is 0 Å². The zero-order valence-electron chi connectivity index (χ0n) is 17.9. The maximum Gasteiger partial charge on any atom is 0.160 e. The van der Waals surface area contributed by atoms with Crippen LogP contribution in [0.5, 0.6) is 0 Å². The molecule has 1 aliphatic carbocycles. The fourth-order valence-electron chi connectivity index (χ4n) is 4.69. The van der Waals surface area contributed by atoms with E-state index in [0.717, 1.165) is 24.7 Å². The Balaban J connectivity index is 1.26. The van der Waals surface area contributed by atoms with E-state index >= 15 is 0 Å². The van der Waals surface area contributed by atoms with Gasteiger partial charge in [0, 0.05) is 16.9 Å². The predicted octanol–water partition coefficient (Wildman–Crippen LogP) is 7.63. The second-order valence-electron chi connectivity index (χ2n) is 8.75. The summed E-state index contributed by atoms with van der Waals surface area (Å²) in [6.07, 6.45) is 11.7. The number of allylic oxidation sites excluding steroid dienone is 1. The quantitative estimate of drug-likeness (QED) is 0.444. The molecule has 0 atom stereocenters. The zero-order valence-corrected chi connectivity index (χ0v) is 18.7. The number of rotatable bonds is 6. The molecule has 0 unspecified atom stereocenters. The Morgan fingerprint density at radius 1 is 0.867 bits per heavy atom. The molecule has 4 rings (SSSR count). The summed E-state index contributed by atoms with van der Waals surface area (Å²) < 4.78 is 12.2. The molecule has 0 bridgehead atoms. The average Bonchev–Trinajstić information content (AvgIpc) is 2.81. The Morgan fingerprint density at radius 2 is 1.47 bits per heavy atom. The van der Waals surface area contributed by atoms with Gasteiger partial charge in [0.1, 0.15) is 0 Å². The molecule has 0 aromatic heterocycles. The molecule has 1 saturated carbocycles. The van der Waals surface area contributed by atoms with Gasteiger partial charge >= 0.3 is 0 Å². The van der Waals surface area contributed by atoms with Crippen LogP contribution in [0.15, 0.2) is 60.7 Å². The Hall–Kier alpha value is -1.61. The molecule has 1 aliphatic heterocycles. The molecule has 3 heteroatoms. The number of benzene rings is 2. The molecule has 1 saturated heterocycles. The van der Waals surface area contributed by atoms with Gasteiger partial charge < -0.3 is 9.47 Å². The summed E-state index contributed by atoms with van der Waals surface area (Å²) in [5.74, 6) is 1.60. The van der Waals surface area contributed by atoms with Gasteiger partial charge in [-0.25, -0.2) is 0 Å². The van der Waals surface area contributed by atoms with Crippen molar-refractivity contribution in [3.63, 3.8) is 0 Å². The molecule has 2 aliphatic rings. The highest BCUT2D eigenvalue weighted by Crippen LogP contribution is 2.39. The summed E-state index contributed by atoms with van der Waals surface area (Å²) in [6, 6.07) is 17.1. The largest absolute Gasteiger partial charge is 0.352 e. The van der Waals surface area contributed by atoms with Gasteiger partial charge in [-0.3, -0.25) is 0 Å². The van der Waals surface area contributed by atoms with Gasteiger partial charge in [0.15, 0.2) is 6.29 Å². The standard InChI is InChI=1S/C27H33ClO2/c1-2-3-4-5-20-18-29-27(30-19-20)25-12-10-23(11-13-25)21-6-8-22(9-7-21)24-14-16-26(28)17-15-24/h4-9,14-17,20,23,25,27H,2-3,10-13,18-19H2,1H3/b5-4+/t20-,23?,25?,27-. The number of ether oxygens (including phenoxy) is 2. The van der Waals surface area contributed by atoms with Crippen molar-refractivity contribution < 1.29 is 9.47 Å². The Morgan fingerprint density at radius 3 is 2.07 bits per heavy atom. The van der Waals surface area contributed by atoms with Crippen molar-refractivity contribution in [1.82, 2.24) is 0 Å². The van der Waals surface area contributed by atoms with Crippen LogP contribution < -0.4 is 0 Å². The van der Waals surface area contributed by atoms with Crippen LogP contribution in [0.1, 0.15) is 56.9 Å². The molecule has 30 heavy (non-hydrogen) atoms. The summed E-state index contributed by atoms with van der Waals surface area (Å²) in [6.45, 7) is 3.81. The van der Waals surface area contributed by atoms with E-state index in [0.29, 0.717) is 17.8 Å². The Bertz CT molecular complexity index is 796. The first-order valence-electron chi connectivity index (χ1n) is 11.5. The van der Waals surface area contributed by atoms with E-state index in [2.05, 4.69) is 55.5 Å². The van der Waals surface area contributed by atoms with Crippen LogP contribution in [0.3, 0.4) is 0 Å². The lowest BCUT2D eigenvalue weighted by atomic mass is 9.78. The van der Waals surface area contributed by atoms with E-state index in [1.165, 1.54) is 48.8 Å². The second-order valence-corrected chi connectivity index (χ2v) is 9.19. The smallest absolute Gasteiger partial charge is 0.160 e. The van der Waals surface area contributed by atoms with Crippen LogP contribution in [-0.2, 0) is 9.47 Å². The molecular weight excluding hydrogens is 392 g/mol. The number of unbranched alkanes of at least 4 members (excludes halogenated alkanes) is 1. The Labute approximate surface area is 186 Å². The van der Waals surface area contributed by atoms with E-state index in [-0.39, 0.29) is 6.29 Å². The molecule has 1 heterocycles. The van der Waals surface area contributed by atoms with Crippen molar-refractivity contribution in [2.75, 3.05) is 13.2 Å². The van der Waals surface area contributed by atoms with Crippen molar-refractivity contribution in [3.8, 4) is 11.1 Å². The molecule has 2 nitrogen and oxygen atoms in total. The van der Waals surface area contributed by atoms with Gasteiger partial charge in [0.25, 0.3) is 0 Å². The van der Waals surface area contributed by atoms with Crippen molar-refractivity contribution in [1.29, 1.82) is 0 Å². The van der Waals surface area contributed by atoms with Crippen molar-refractivity contribution in [2.24, 2.45) is 11.8 Å². The van der Waals surface area contributed by atoms with Crippen LogP contribution in [0.4, 0.5) is 0 Å². The number of halogens is 1. The minimum absolute atomic E-state index is 0.00550. The van der Waals surface area contributed by atoms with Crippen LogP contribution in [0.25, 0.3) is 11.1 Å². The van der Waals surface area contributed by atoms with Crippen molar-refractivity contribution >= 4 is 11.6 Å². The SMILES string of the molecule is CCC/C=C/[C@H]1CO[C@H](C2CCC(c3ccc(-c4ccc(Cl)cc4)cc3)CC2)OC1. The molecule has 0 radical (unpaired) electrons. The van der Waals surface area contributed by atoms with E-state index in [4.69, 9.17) is 21.1 Å². The fraction of sp³-hybridized carbons (Fsp3) is 0.481. The molecule has 0 spiro atoms. The zero-order chi connectivity index (χ0) is 20.8. The molecule has 2 fully saturated rings. The highest BCUT2D eigenvalue weighted by Gasteiger charge is 2.32. The van der Waals surface area contributed by atoms with Gasteiger partial charge in [-0.1, -0.05) is 73.5 Å². The van der Waals surface area contributed by atoms with Crippen molar-refractivity contribution in [3.05, 3.63) is 71.3 Å². The first kappa shape index (κ1) is 21.6. The molecule has 0 amide bonds. The predicted molar refractivity (Wildman–Crippen MR) is 125 cm³/mol. The topological polar surface area (TPSA) is 18.5 Å². The van der Waals surface area contributed by atoms with Gasteiger partial charge in [-0.15, -0.1) is 0 Å². The lowest BCUT2D eigenvalue weighted by Gasteiger charge is -2.37. The van der Waals surface area contributed by atoms with E-state index in [9.17, 15) is 0 Å². The summed E-state index contributed by atoms with van der Waals surface area (Å²) in [4.78, 5) is 0. The lowest BCUT2D eigenvalue weighted by Crippen LogP contribution is -2.37. The third-order valence-corrected chi connectivity index (χ3v) is 6.78. The monoisotopic (exact) mass is 424 g/mol. The minimum atomic E-state index is -0.00550. The van der Waals surface area contributed by atoms with Crippen LogP contribution in [0.2, 0.25) is 5.02 Å². The summed E-state index contributed by atoms with van der Waals surface area (Å²) >= 11 is 6.01. The highest BCUT2D eigenvalue weighted by atomic mass is 35.5. The average molecular weight is 425 g/mol. The van der Waals surface area contributed by atoms with E-state index in [1.807, 2.05) is 12.1 Å². The van der Waals surface area contributed by atoms with Crippen LogP contribution in [-0.4, -0.2) is 19.5 Å². The third kappa shape index (κ3) is 5.55. The molecule has 2 aromatic rings. The van der Waals surface area contributed by atoms with Gasteiger partial charge in [0.2, 0.25) is 0 Å². The molecule has 2 aromatic carbocycles. The van der Waals surface area contributed by atoms with Gasteiger partial charge in [-0.05, 0) is 66.8 Å². The number of hydrogen-bond acceptors (Lipinski definition) is 2. The van der Waals surface area contributed by atoms with E-state index in [1.54, 1.807) is 0 Å². The first-order valence-corrected chi connectivity index (χ1v) is 11.9. The third-order valence-electron chi connectivity index (χ3n) is 6.53. The van der Waals surface area contributed by atoms with Gasteiger partial charge in [0.05, 0.1) is 13.2 Å². The maximum absolute atomic E-state index is 6.09. The van der Waals surface area contributed by atoms with E-state index < -0.39 is 0 Å². The van der Waals surface area contributed by atoms with Crippen molar-refractivity contribution in [2.45, 2.75) is 57.7 Å². The van der Waals surface area contributed by atoms with Crippen LogP contribution in [0, 0.1) is 11.8 Å². The Kier molecular flexibility index (Phi) is 7.65. The summed E-state index contributed by atoms with van der Waals surface area (Å²) in [7, 11) is 0.